The average Bonchev–Trinajstić information content (AvgIpc) is 3.04. The summed E-state index contributed by atoms with van der Waals surface area (Å²) in [4.78, 5) is 18.9. The van der Waals surface area contributed by atoms with Gasteiger partial charge in [-0.25, -0.2) is 9.79 Å². The summed E-state index contributed by atoms with van der Waals surface area (Å²) in [5, 5.41) is 0.896. The molecule has 0 amide bonds. The Morgan fingerprint density at radius 3 is 2.79 bits per heavy atom. The number of rotatable bonds is 6. The number of nitrogens with zero attached hydrogens (tertiary/aromatic N) is 3. The van der Waals surface area contributed by atoms with E-state index in [0.717, 1.165) is 30.2 Å². The molecule has 0 spiro atoms. The third-order valence-electron chi connectivity index (χ3n) is 4.51. The highest BCUT2D eigenvalue weighted by atomic mass is 35.5. The van der Waals surface area contributed by atoms with Gasteiger partial charge in [-0.1, -0.05) is 11.6 Å². The number of piperidine rings is 1. The first-order valence-corrected chi connectivity index (χ1v) is 10.5. The normalized spacial score (nSPS) is 14.5. The standard InChI is InChI=1S/C20H24ClN3O3S/c1-4-26-19(25)18-14(3)23-28-20(18)27-17-11-15(21)16(10-13(17)2)22-12-24-8-6-5-7-9-24/h10-12H,4-9H2,1-3H3/b22-12+. The van der Waals surface area contributed by atoms with Gasteiger partial charge < -0.3 is 14.4 Å². The fourth-order valence-electron chi connectivity index (χ4n) is 2.99. The van der Waals surface area contributed by atoms with E-state index in [4.69, 9.17) is 21.1 Å². The maximum Gasteiger partial charge on any atom is 0.344 e. The molecule has 8 heteroatoms. The van der Waals surface area contributed by atoms with Crippen molar-refractivity contribution in [1.29, 1.82) is 0 Å². The van der Waals surface area contributed by atoms with Crippen LogP contribution in [0.25, 0.3) is 0 Å². The molecule has 0 unspecified atom stereocenters. The molecule has 1 fully saturated rings. The molecule has 28 heavy (non-hydrogen) atoms. The van der Waals surface area contributed by atoms with E-state index in [9.17, 15) is 4.79 Å². The van der Waals surface area contributed by atoms with Crippen LogP contribution < -0.4 is 4.74 Å². The molecule has 0 bridgehead atoms. The summed E-state index contributed by atoms with van der Waals surface area (Å²) >= 11 is 7.55. The Kier molecular flexibility index (Phi) is 6.91. The number of carbonyl (C=O) groups excluding carboxylic acids is 1. The van der Waals surface area contributed by atoms with Crippen molar-refractivity contribution < 1.29 is 14.3 Å². The van der Waals surface area contributed by atoms with Gasteiger partial charge in [-0.15, -0.1) is 0 Å². The van der Waals surface area contributed by atoms with Crippen molar-refractivity contribution in [2.45, 2.75) is 40.0 Å². The van der Waals surface area contributed by atoms with E-state index < -0.39 is 5.97 Å². The topological polar surface area (TPSA) is 64.0 Å². The summed E-state index contributed by atoms with van der Waals surface area (Å²) in [6.07, 6.45) is 5.54. The van der Waals surface area contributed by atoms with Crippen molar-refractivity contribution in [3.05, 3.63) is 34.0 Å². The molecule has 2 aromatic rings. The molecule has 1 aliphatic rings. The summed E-state index contributed by atoms with van der Waals surface area (Å²) in [6, 6.07) is 3.61. The second kappa shape index (κ2) is 9.39. The third kappa shape index (κ3) is 4.83. The number of aliphatic imine (C=N–C) groups is 1. The lowest BCUT2D eigenvalue weighted by atomic mass is 10.1. The molecular weight excluding hydrogens is 398 g/mol. The van der Waals surface area contributed by atoms with Gasteiger partial charge in [0.15, 0.2) is 0 Å². The fraction of sp³-hybridized carbons (Fsp3) is 0.450. The van der Waals surface area contributed by atoms with E-state index in [1.54, 1.807) is 19.9 Å². The van der Waals surface area contributed by atoms with Crippen molar-refractivity contribution in [3.63, 3.8) is 0 Å². The van der Waals surface area contributed by atoms with Crippen molar-refractivity contribution in [3.8, 4) is 10.8 Å². The van der Waals surface area contributed by atoms with Crippen LogP contribution in [0.3, 0.4) is 0 Å². The Bertz CT molecular complexity index is 876. The number of carbonyl (C=O) groups is 1. The number of esters is 1. The number of aryl methyl sites for hydroxylation is 2. The Morgan fingerprint density at radius 1 is 1.32 bits per heavy atom. The minimum atomic E-state index is -0.435. The second-order valence-corrected chi connectivity index (χ2v) is 7.81. The summed E-state index contributed by atoms with van der Waals surface area (Å²) in [5.41, 5.74) is 2.51. The summed E-state index contributed by atoms with van der Waals surface area (Å²) in [6.45, 7) is 7.80. The van der Waals surface area contributed by atoms with E-state index in [2.05, 4.69) is 14.3 Å². The van der Waals surface area contributed by atoms with Gasteiger partial charge in [0.2, 0.25) is 5.06 Å². The zero-order valence-corrected chi connectivity index (χ0v) is 17.9. The van der Waals surface area contributed by atoms with Gasteiger partial charge in [0.1, 0.15) is 11.3 Å². The first-order chi connectivity index (χ1) is 13.5. The lowest BCUT2D eigenvalue weighted by molar-refractivity contribution is 0.0523. The van der Waals surface area contributed by atoms with Crippen LogP contribution in [0, 0.1) is 13.8 Å². The smallest absolute Gasteiger partial charge is 0.344 e. The van der Waals surface area contributed by atoms with E-state index >= 15 is 0 Å². The van der Waals surface area contributed by atoms with Crippen LogP contribution in [0.2, 0.25) is 5.02 Å². The zero-order chi connectivity index (χ0) is 20.1. The molecule has 1 aliphatic heterocycles. The van der Waals surface area contributed by atoms with Gasteiger partial charge in [0, 0.05) is 30.7 Å². The van der Waals surface area contributed by atoms with E-state index in [1.165, 1.54) is 19.3 Å². The Morgan fingerprint density at radius 2 is 2.07 bits per heavy atom. The first kappa shape index (κ1) is 20.6. The summed E-state index contributed by atoms with van der Waals surface area (Å²) in [5.74, 6) is 0.131. The molecule has 2 heterocycles. The molecule has 3 rings (SSSR count). The number of hydrogen-bond acceptors (Lipinski definition) is 6. The Hall–Kier alpha value is -2.12. The Labute approximate surface area is 174 Å². The number of likely N-dealkylation sites (tertiary alicyclic amines) is 1. The predicted molar refractivity (Wildman–Crippen MR) is 113 cm³/mol. The van der Waals surface area contributed by atoms with Gasteiger partial charge in [-0.2, -0.15) is 4.37 Å². The van der Waals surface area contributed by atoms with Crippen LogP contribution in [0.1, 0.15) is 47.8 Å². The number of halogens is 1. The lowest BCUT2D eigenvalue weighted by Gasteiger charge is -2.23. The minimum Gasteiger partial charge on any atom is -0.462 e. The fourth-order valence-corrected chi connectivity index (χ4v) is 3.95. The van der Waals surface area contributed by atoms with Gasteiger partial charge in [0.05, 0.1) is 29.3 Å². The van der Waals surface area contributed by atoms with Crippen LogP contribution in [-0.2, 0) is 4.74 Å². The summed E-state index contributed by atoms with van der Waals surface area (Å²) in [7, 11) is 0. The molecule has 0 aliphatic carbocycles. The van der Waals surface area contributed by atoms with Crippen molar-refractivity contribution in [1.82, 2.24) is 9.27 Å². The predicted octanol–water partition coefficient (Wildman–Crippen LogP) is 5.53. The van der Waals surface area contributed by atoms with Crippen LogP contribution >= 0.6 is 23.1 Å². The average molecular weight is 422 g/mol. The molecule has 1 aromatic carbocycles. The van der Waals surface area contributed by atoms with Gasteiger partial charge in [-0.3, -0.25) is 0 Å². The molecule has 0 atom stereocenters. The van der Waals surface area contributed by atoms with Crippen molar-refractivity contribution in [2.24, 2.45) is 4.99 Å². The highest BCUT2D eigenvalue weighted by Crippen LogP contribution is 2.38. The van der Waals surface area contributed by atoms with Gasteiger partial charge in [-0.05, 0) is 51.7 Å². The number of hydrogen-bond donors (Lipinski definition) is 0. The molecule has 0 saturated carbocycles. The van der Waals surface area contributed by atoms with Crippen molar-refractivity contribution in [2.75, 3.05) is 19.7 Å². The van der Waals surface area contributed by atoms with Crippen LogP contribution in [0.4, 0.5) is 5.69 Å². The summed E-state index contributed by atoms with van der Waals surface area (Å²) < 4.78 is 15.3. The minimum absolute atomic E-state index is 0.294. The molecule has 6 nitrogen and oxygen atoms in total. The van der Waals surface area contributed by atoms with Crippen LogP contribution in [-0.4, -0.2) is 41.3 Å². The van der Waals surface area contributed by atoms with E-state index in [0.29, 0.717) is 39.4 Å². The highest BCUT2D eigenvalue weighted by molar-refractivity contribution is 7.08. The first-order valence-electron chi connectivity index (χ1n) is 9.39. The van der Waals surface area contributed by atoms with E-state index in [1.807, 2.05) is 19.3 Å². The molecule has 1 aromatic heterocycles. The molecule has 150 valence electrons. The number of ether oxygens (including phenoxy) is 2. The molecular formula is C20H24ClN3O3S. The van der Waals surface area contributed by atoms with Crippen LogP contribution in [0.15, 0.2) is 17.1 Å². The quantitative estimate of drug-likeness (QED) is 0.348. The lowest BCUT2D eigenvalue weighted by Crippen LogP contribution is -2.27. The second-order valence-electron chi connectivity index (χ2n) is 6.66. The third-order valence-corrected chi connectivity index (χ3v) is 5.63. The maximum absolute atomic E-state index is 12.2. The molecule has 0 radical (unpaired) electrons. The highest BCUT2D eigenvalue weighted by Gasteiger charge is 2.22. The maximum atomic E-state index is 12.2. The number of benzene rings is 1. The van der Waals surface area contributed by atoms with E-state index in [-0.39, 0.29) is 0 Å². The molecule has 1 saturated heterocycles. The largest absolute Gasteiger partial charge is 0.462 e. The van der Waals surface area contributed by atoms with Crippen LogP contribution in [0.5, 0.6) is 10.8 Å². The SMILES string of the molecule is CCOC(=O)c1c(C)nsc1Oc1cc(Cl)c(/N=C/N2CCCCC2)cc1C. The number of aromatic nitrogens is 1. The monoisotopic (exact) mass is 421 g/mol. The van der Waals surface area contributed by atoms with Gasteiger partial charge >= 0.3 is 5.97 Å². The van der Waals surface area contributed by atoms with Gasteiger partial charge in [0.25, 0.3) is 0 Å². The Balaban J connectivity index is 1.80. The van der Waals surface area contributed by atoms with Crippen molar-refractivity contribution >= 4 is 41.1 Å². The molecule has 0 N–H and O–H groups in total. The zero-order valence-electron chi connectivity index (χ0n) is 16.3.